The van der Waals surface area contributed by atoms with Crippen LogP contribution in [0, 0.1) is 6.92 Å². The van der Waals surface area contributed by atoms with Gasteiger partial charge in [-0.25, -0.2) is 4.79 Å². The van der Waals surface area contributed by atoms with E-state index in [1.807, 2.05) is 26.2 Å². The molecule has 1 heterocycles. The summed E-state index contributed by atoms with van der Waals surface area (Å²) in [7, 11) is 1.86. The second kappa shape index (κ2) is 4.91. The summed E-state index contributed by atoms with van der Waals surface area (Å²) in [5, 5.41) is 16.4. The summed E-state index contributed by atoms with van der Waals surface area (Å²) in [5.74, 6) is -0.930. The minimum atomic E-state index is -0.930. The molecular weight excluding hydrogens is 230 g/mol. The van der Waals surface area contributed by atoms with Crippen LogP contribution in [-0.4, -0.2) is 20.9 Å². The Hall–Kier alpha value is -2.30. The fourth-order valence-electron chi connectivity index (χ4n) is 1.84. The number of aromatic carboxylic acids is 1. The van der Waals surface area contributed by atoms with Crippen LogP contribution in [0.3, 0.4) is 0 Å². The average molecular weight is 245 g/mol. The van der Waals surface area contributed by atoms with Gasteiger partial charge in [0.2, 0.25) is 0 Å². The third kappa shape index (κ3) is 2.51. The van der Waals surface area contributed by atoms with E-state index in [4.69, 9.17) is 5.11 Å². The number of hydrogen-bond donors (Lipinski definition) is 2. The Morgan fingerprint density at radius 3 is 2.78 bits per heavy atom. The third-order valence-electron chi connectivity index (χ3n) is 2.74. The minimum Gasteiger partial charge on any atom is -0.478 e. The predicted octanol–water partition coefficient (Wildman–Crippen LogP) is 2.04. The normalized spacial score (nSPS) is 10.3. The first-order valence-corrected chi connectivity index (χ1v) is 5.63. The van der Waals surface area contributed by atoms with Crippen LogP contribution >= 0.6 is 0 Å². The lowest BCUT2D eigenvalue weighted by Gasteiger charge is -2.08. The number of carboxylic acids is 1. The molecule has 2 aromatic rings. The largest absolute Gasteiger partial charge is 0.478 e. The summed E-state index contributed by atoms with van der Waals surface area (Å²) in [4.78, 5) is 11.0. The van der Waals surface area contributed by atoms with Gasteiger partial charge < -0.3 is 10.4 Å². The minimum absolute atomic E-state index is 0.277. The zero-order valence-electron chi connectivity index (χ0n) is 10.3. The third-order valence-corrected chi connectivity index (χ3v) is 2.74. The van der Waals surface area contributed by atoms with Crippen molar-refractivity contribution in [2.45, 2.75) is 13.5 Å². The SMILES string of the molecule is Cc1nn(C)cc1CNc1ccccc1C(=O)O. The number of rotatable bonds is 4. The molecule has 2 rings (SSSR count). The summed E-state index contributed by atoms with van der Waals surface area (Å²) in [5.41, 5.74) is 2.89. The van der Waals surface area contributed by atoms with Crippen molar-refractivity contribution in [1.82, 2.24) is 9.78 Å². The maximum Gasteiger partial charge on any atom is 0.337 e. The van der Waals surface area contributed by atoms with Crippen LogP contribution in [0.25, 0.3) is 0 Å². The van der Waals surface area contributed by atoms with E-state index >= 15 is 0 Å². The van der Waals surface area contributed by atoms with Gasteiger partial charge >= 0.3 is 5.97 Å². The molecule has 0 aliphatic heterocycles. The fraction of sp³-hybridized carbons (Fsp3) is 0.231. The van der Waals surface area contributed by atoms with Gasteiger partial charge in [0.05, 0.1) is 11.3 Å². The van der Waals surface area contributed by atoms with Gasteiger partial charge in [-0.05, 0) is 19.1 Å². The van der Waals surface area contributed by atoms with Gasteiger partial charge in [-0.2, -0.15) is 5.10 Å². The van der Waals surface area contributed by atoms with Crippen LogP contribution in [0.1, 0.15) is 21.6 Å². The van der Waals surface area contributed by atoms with E-state index in [9.17, 15) is 4.79 Å². The predicted molar refractivity (Wildman–Crippen MR) is 68.7 cm³/mol. The first-order chi connectivity index (χ1) is 8.58. The lowest BCUT2D eigenvalue weighted by Crippen LogP contribution is -2.06. The van der Waals surface area contributed by atoms with E-state index in [0.717, 1.165) is 11.3 Å². The highest BCUT2D eigenvalue weighted by atomic mass is 16.4. The molecule has 0 bridgehead atoms. The molecule has 2 N–H and O–H groups in total. The summed E-state index contributed by atoms with van der Waals surface area (Å²) in [6.07, 6.45) is 1.92. The first kappa shape index (κ1) is 12.2. The monoisotopic (exact) mass is 245 g/mol. The molecule has 0 aliphatic rings. The van der Waals surface area contributed by atoms with E-state index in [-0.39, 0.29) is 5.56 Å². The lowest BCUT2D eigenvalue weighted by atomic mass is 10.1. The Bertz CT molecular complexity index is 575. The van der Waals surface area contributed by atoms with Crippen molar-refractivity contribution in [1.29, 1.82) is 0 Å². The molecule has 0 radical (unpaired) electrons. The molecule has 5 heteroatoms. The number of nitrogens with one attached hydrogen (secondary N) is 1. The summed E-state index contributed by atoms with van der Waals surface area (Å²) >= 11 is 0. The number of hydrogen-bond acceptors (Lipinski definition) is 3. The van der Waals surface area contributed by atoms with E-state index in [1.165, 1.54) is 0 Å². The van der Waals surface area contributed by atoms with Crippen molar-refractivity contribution in [3.63, 3.8) is 0 Å². The molecule has 94 valence electrons. The van der Waals surface area contributed by atoms with Gasteiger partial charge in [0.1, 0.15) is 0 Å². The van der Waals surface area contributed by atoms with Crippen LogP contribution in [0.2, 0.25) is 0 Å². The maximum atomic E-state index is 11.0. The number of anilines is 1. The molecule has 0 unspecified atom stereocenters. The lowest BCUT2D eigenvalue weighted by molar-refractivity contribution is 0.0698. The molecule has 0 aliphatic carbocycles. The van der Waals surface area contributed by atoms with Crippen molar-refractivity contribution in [2.75, 3.05) is 5.32 Å². The van der Waals surface area contributed by atoms with Crippen LogP contribution in [-0.2, 0) is 13.6 Å². The van der Waals surface area contributed by atoms with Gasteiger partial charge in [-0.15, -0.1) is 0 Å². The van der Waals surface area contributed by atoms with E-state index in [0.29, 0.717) is 12.2 Å². The molecule has 0 atom stereocenters. The number of nitrogens with zero attached hydrogens (tertiary/aromatic N) is 2. The Morgan fingerprint density at radius 1 is 1.44 bits per heavy atom. The highest BCUT2D eigenvalue weighted by Crippen LogP contribution is 2.16. The molecule has 1 aromatic carbocycles. The number of benzene rings is 1. The molecule has 1 aromatic heterocycles. The van der Waals surface area contributed by atoms with Gasteiger partial charge in [0.15, 0.2) is 0 Å². The van der Waals surface area contributed by atoms with Gasteiger partial charge in [-0.3, -0.25) is 4.68 Å². The van der Waals surface area contributed by atoms with Crippen LogP contribution < -0.4 is 5.32 Å². The van der Waals surface area contributed by atoms with Crippen molar-refractivity contribution in [3.05, 3.63) is 47.3 Å². The summed E-state index contributed by atoms with van der Waals surface area (Å²) in [6.45, 7) is 2.49. The topological polar surface area (TPSA) is 67.2 Å². The number of para-hydroxylation sites is 1. The van der Waals surface area contributed by atoms with Crippen molar-refractivity contribution < 1.29 is 9.90 Å². The molecule has 0 saturated carbocycles. The van der Waals surface area contributed by atoms with E-state index < -0.39 is 5.97 Å². The number of carbonyl (C=O) groups is 1. The van der Waals surface area contributed by atoms with Gasteiger partial charge in [0, 0.05) is 31.0 Å². The zero-order valence-corrected chi connectivity index (χ0v) is 10.3. The van der Waals surface area contributed by atoms with Crippen molar-refractivity contribution >= 4 is 11.7 Å². The second-order valence-corrected chi connectivity index (χ2v) is 4.12. The molecule has 0 saturated heterocycles. The Kier molecular flexibility index (Phi) is 3.32. The average Bonchev–Trinajstić information content (AvgIpc) is 2.65. The molecular formula is C13H15N3O2. The zero-order chi connectivity index (χ0) is 13.1. The van der Waals surface area contributed by atoms with Gasteiger partial charge in [0.25, 0.3) is 0 Å². The summed E-state index contributed by atoms with van der Waals surface area (Å²) < 4.78 is 1.75. The quantitative estimate of drug-likeness (QED) is 0.865. The highest BCUT2D eigenvalue weighted by molar-refractivity contribution is 5.94. The molecule has 18 heavy (non-hydrogen) atoms. The molecule has 5 nitrogen and oxygen atoms in total. The molecule has 0 amide bonds. The Balaban J connectivity index is 2.15. The maximum absolute atomic E-state index is 11.0. The van der Waals surface area contributed by atoms with Gasteiger partial charge in [-0.1, -0.05) is 12.1 Å². The van der Waals surface area contributed by atoms with Crippen molar-refractivity contribution in [3.8, 4) is 0 Å². The van der Waals surface area contributed by atoms with Crippen LogP contribution in [0.5, 0.6) is 0 Å². The Morgan fingerprint density at radius 2 is 2.17 bits per heavy atom. The molecule has 0 spiro atoms. The van der Waals surface area contributed by atoms with Crippen LogP contribution in [0.15, 0.2) is 30.5 Å². The summed E-state index contributed by atoms with van der Waals surface area (Å²) in [6, 6.07) is 6.87. The Labute approximate surface area is 105 Å². The number of aromatic nitrogens is 2. The molecule has 0 fully saturated rings. The van der Waals surface area contributed by atoms with E-state index in [1.54, 1.807) is 22.9 Å². The fourth-order valence-corrected chi connectivity index (χ4v) is 1.84. The smallest absolute Gasteiger partial charge is 0.337 e. The number of aryl methyl sites for hydroxylation is 2. The number of carboxylic acid groups (broad SMARTS) is 1. The van der Waals surface area contributed by atoms with Crippen LogP contribution in [0.4, 0.5) is 5.69 Å². The first-order valence-electron chi connectivity index (χ1n) is 5.63. The second-order valence-electron chi connectivity index (χ2n) is 4.12. The highest BCUT2D eigenvalue weighted by Gasteiger charge is 2.09. The van der Waals surface area contributed by atoms with E-state index in [2.05, 4.69) is 10.4 Å². The standard InChI is InChI=1S/C13H15N3O2/c1-9-10(8-16(2)15-9)7-14-12-6-4-3-5-11(12)13(17)18/h3-6,8,14H,7H2,1-2H3,(H,17,18). The van der Waals surface area contributed by atoms with Crippen molar-refractivity contribution in [2.24, 2.45) is 7.05 Å².